The zero-order chi connectivity index (χ0) is 15.1. The lowest BCUT2D eigenvalue weighted by molar-refractivity contribution is 0.909. The SMILES string of the molecule is Cc1cc(-c2nnc3sc(Cc4ccc(Cl)cc4)nn23)n[nH]1. The molecule has 0 aliphatic carbocycles. The number of benzene rings is 1. The molecule has 0 fully saturated rings. The molecule has 3 heterocycles. The number of nitrogens with zero attached hydrogens (tertiary/aromatic N) is 5. The average molecular weight is 331 g/mol. The van der Waals surface area contributed by atoms with Crippen LogP contribution in [0.2, 0.25) is 5.02 Å². The van der Waals surface area contributed by atoms with Gasteiger partial charge in [0.25, 0.3) is 0 Å². The van der Waals surface area contributed by atoms with E-state index in [-0.39, 0.29) is 0 Å². The Hall–Kier alpha value is -2.25. The molecule has 8 heteroatoms. The number of nitrogens with one attached hydrogen (secondary N) is 1. The van der Waals surface area contributed by atoms with Gasteiger partial charge in [-0.2, -0.15) is 14.7 Å². The summed E-state index contributed by atoms with van der Waals surface area (Å²) in [5.74, 6) is 0.651. The van der Waals surface area contributed by atoms with Crippen LogP contribution in [0, 0.1) is 6.92 Å². The molecule has 0 radical (unpaired) electrons. The van der Waals surface area contributed by atoms with E-state index in [1.807, 2.05) is 37.3 Å². The Morgan fingerprint density at radius 1 is 1.23 bits per heavy atom. The maximum atomic E-state index is 5.91. The van der Waals surface area contributed by atoms with Gasteiger partial charge in [-0.25, -0.2) is 0 Å². The van der Waals surface area contributed by atoms with Crippen LogP contribution in [-0.4, -0.2) is 30.0 Å². The van der Waals surface area contributed by atoms with E-state index < -0.39 is 0 Å². The molecule has 0 unspecified atom stereocenters. The van der Waals surface area contributed by atoms with Crippen molar-refractivity contribution >= 4 is 27.9 Å². The molecule has 0 saturated heterocycles. The number of rotatable bonds is 3. The number of halogens is 1. The van der Waals surface area contributed by atoms with Gasteiger partial charge in [-0.1, -0.05) is 35.1 Å². The van der Waals surface area contributed by atoms with E-state index >= 15 is 0 Å². The Kier molecular flexibility index (Phi) is 3.16. The fourth-order valence-electron chi connectivity index (χ4n) is 2.20. The van der Waals surface area contributed by atoms with Gasteiger partial charge in [-0.3, -0.25) is 5.10 Å². The van der Waals surface area contributed by atoms with Gasteiger partial charge in [0.2, 0.25) is 10.8 Å². The van der Waals surface area contributed by atoms with Crippen molar-refractivity contribution in [2.75, 3.05) is 0 Å². The van der Waals surface area contributed by atoms with Crippen LogP contribution >= 0.6 is 22.9 Å². The molecule has 0 spiro atoms. The van der Waals surface area contributed by atoms with Crippen LogP contribution in [0.5, 0.6) is 0 Å². The number of H-pyrrole nitrogens is 1. The summed E-state index contributed by atoms with van der Waals surface area (Å²) in [5.41, 5.74) is 2.88. The van der Waals surface area contributed by atoms with Crippen molar-refractivity contribution in [2.24, 2.45) is 0 Å². The first-order valence-corrected chi connectivity index (χ1v) is 7.86. The highest BCUT2D eigenvalue weighted by Crippen LogP contribution is 2.22. The molecule has 0 aliphatic heterocycles. The van der Waals surface area contributed by atoms with Gasteiger partial charge in [-0.05, 0) is 30.7 Å². The maximum absolute atomic E-state index is 5.91. The fraction of sp³-hybridized carbons (Fsp3) is 0.143. The monoisotopic (exact) mass is 330 g/mol. The van der Waals surface area contributed by atoms with E-state index in [2.05, 4.69) is 25.5 Å². The minimum absolute atomic E-state index is 0.651. The fourth-order valence-corrected chi connectivity index (χ4v) is 3.19. The third kappa shape index (κ3) is 2.38. The van der Waals surface area contributed by atoms with E-state index in [1.54, 1.807) is 4.52 Å². The summed E-state index contributed by atoms with van der Waals surface area (Å²) in [6.45, 7) is 1.95. The predicted molar refractivity (Wildman–Crippen MR) is 85.2 cm³/mol. The maximum Gasteiger partial charge on any atom is 0.235 e. The molecule has 4 aromatic rings. The van der Waals surface area contributed by atoms with Crippen LogP contribution in [0.25, 0.3) is 16.5 Å². The first-order valence-electron chi connectivity index (χ1n) is 6.67. The Labute approximate surface area is 134 Å². The molecule has 6 nitrogen and oxygen atoms in total. The van der Waals surface area contributed by atoms with Crippen LogP contribution in [0.3, 0.4) is 0 Å². The van der Waals surface area contributed by atoms with Crippen molar-refractivity contribution in [3.63, 3.8) is 0 Å². The van der Waals surface area contributed by atoms with E-state index in [4.69, 9.17) is 11.6 Å². The van der Waals surface area contributed by atoms with Gasteiger partial charge in [0.15, 0.2) is 0 Å². The van der Waals surface area contributed by atoms with Gasteiger partial charge in [0.05, 0.1) is 0 Å². The lowest BCUT2D eigenvalue weighted by Crippen LogP contribution is -1.93. The second-order valence-electron chi connectivity index (χ2n) is 4.95. The smallest absolute Gasteiger partial charge is 0.235 e. The molecule has 1 N–H and O–H groups in total. The quantitative estimate of drug-likeness (QED) is 0.626. The third-order valence-electron chi connectivity index (χ3n) is 3.24. The molecule has 22 heavy (non-hydrogen) atoms. The highest BCUT2D eigenvalue weighted by Gasteiger charge is 2.15. The highest BCUT2D eigenvalue weighted by atomic mass is 35.5. The van der Waals surface area contributed by atoms with Crippen LogP contribution in [-0.2, 0) is 6.42 Å². The molecule has 0 bridgehead atoms. The van der Waals surface area contributed by atoms with E-state index in [0.717, 1.165) is 38.4 Å². The van der Waals surface area contributed by atoms with Crippen molar-refractivity contribution in [2.45, 2.75) is 13.3 Å². The number of hydrogen-bond donors (Lipinski definition) is 1. The minimum Gasteiger partial charge on any atom is -0.282 e. The molecule has 3 aromatic heterocycles. The Morgan fingerprint density at radius 3 is 2.77 bits per heavy atom. The molecule has 0 atom stereocenters. The topological polar surface area (TPSA) is 71.8 Å². The summed E-state index contributed by atoms with van der Waals surface area (Å²) < 4.78 is 1.74. The van der Waals surface area contributed by atoms with Crippen LogP contribution in [0.4, 0.5) is 0 Å². The van der Waals surface area contributed by atoms with Crippen LogP contribution in [0.15, 0.2) is 30.3 Å². The average Bonchev–Trinajstić information content (AvgIpc) is 3.17. The second kappa shape index (κ2) is 5.19. The van der Waals surface area contributed by atoms with Crippen molar-refractivity contribution < 1.29 is 0 Å². The van der Waals surface area contributed by atoms with Gasteiger partial charge in [0, 0.05) is 17.1 Å². The minimum atomic E-state index is 0.651. The number of fused-ring (bicyclic) bond motifs is 1. The zero-order valence-corrected chi connectivity index (χ0v) is 13.2. The Bertz CT molecular complexity index is 936. The van der Waals surface area contributed by atoms with E-state index in [0.29, 0.717) is 5.82 Å². The van der Waals surface area contributed by atoms with E-state index in [9.17, 15) is 0 Å². The zero-order valence-electron chi connectivity index (χ0n) is 11.6. The van der Waals surface area contributed by atoms with Gasteiger partial charge in [0.1, 0.15) is 10.7 Å². The van der Waals surface area contributed by atoms with Crippen molar-refractivity contribution in [3.05, 3.63) is 51.6 Å². The highest BCUT2D eigenvalue weighted by molar-refractivity contribution is 7.16. The molecule has 4 rings (SSSR count). The summed E-state index contributed by atoms with van der Waals surface area (Å²) in [6, 6.07) is 9.70. The lowest BCUT2D eigenvalue weighted by Gasteiger charge is -1.97. The molecule has 1 aromatic carbocycles. The summed E-state index contributed by atoms with van der Waals surface area (Å²) in [7, 11) is 0. The summed E-state index contributed by atoms with van der Waals surface area (Å²) >= 11 is 7.43. The number of aromatic amines is 1. The molecular weight excluding hydrogens is 320 g/mol. The Morgan fingerprint density at radius 2 is 2.05 bits per heavy atom. The predicted octanol–water partition coefficient (Wildman–Crippen LogP) is 3.13. The Balaban J connectivity index is 1.69. The third-order valence-corrected chi connectivity index (χ3v) is 4.39. The van der Waals surface area contributed by atoms with Crippen molar-refractivity contribution in [1.29, 1.82) is 0 Å². The number of aromatic nitrogens is 6. The van der Waals surface area contributed by atoms with Crippen LogP contribution in [0.1, 0.15) is 16.3 Å². The number of aryl methyl sites for hydroxylation is 1. The lowest BCUT2D eigenvalue weighted by atomic mass is 10.2. The summed E-state index contributed by atoms with van der Waals surface area (Å²) in [4.78, 5) is 0.764. The molecular formula is C14H11ClN6S. The van der Waals surface area contributed by atoms with E-state index in [1.165, 1.54) is 11.3 Å². The first-order chi connectivity index (χ1) is 10.7. The van der Waals surface area contributed by atoms with Crippen molar-refractivity contribution in [1.82, 2.24) is 30.0 Å². The van der Waals surface area contributed by atoms with Gasteiger partial charge < -0.3 is 0 Å². The largest absolute Gasteiger partial charge is 0.282 e. The molecule has 0 saturated carbocycles. The molecule has 0 amide bonds. The first kappa shape index (κ1) is 13.4. The van der Waals surface area contributed by atoms with Crippen LogP contribution < -0.4 is 0 Å². The van der Waals surface area contributed by atoms with Gasteiger partial charge >= 0.3 is 0 Å². The van der Waals surface area contributed by atoms with Crippen molar-refractivity contribution in [3.8, 4) is 11.5 Å². The molecule has 0 aliphatic rings. The molecule has 110 valence electrons. The summed E-state index contributed by atoms with van der Waals surface area (Å²) in [6.07, 6.45) is 0.740. The summed E-state index contributed by atoms with van der Waals surface area (Å²) in [5, 5.41) is 21.8. The van der Waals surface area contributed by atoms with Gasteiger partial charge in [-0.15, -0.1) is 10.2 Å². The second-order valence-corrected chi connectivity index (χ2v) is 6.43. The normalized spacial score (nSPS) is 11.4. The number of hydrogen-bond acceptors (Lipinski definition) is 5. The standard InChI is InChI=1S/C14H11ClN6S/c1-8-6-11(17-16-8)13-18-19-14-21(13)20-12(22-14)7-9-2-4-10(15)5-3-9/h2-6H,7H2,1H3,(H,16,17).